The van der Waals surface area contributed by atoms with Crippen LogP contribution in [0.4, 0.5) is 0 Å². The fourth-order valence-electron chi connectivity index (χ4n) is 1.02. The highest BCUT2D eigenvalue weighted by molar-refractivity contribution is 6.06. The van der Waals surface area contributed by atoms with Gasteiger partial charge in [0.15, 0.2) is 0 Å². The third kappa shape index (κ3) is 7.37. The first-order chi connectivity index (χ1) is 6.06. The van der Waals surface area contributed by atoms with E-state index in [1.165, 1.54) is 6.92 Å². The molecule has 0 aliphatic carbocycles. The molecule has 0 rings (SSSR count). The Bertz CT molecular complexity index is 206. The van der Waals surface area contributed by atoms with E-state index in [1.807, 2.05) is 6.92 Å². The van der Waals surface area contributed by atoms with Crippen LogP contribution in [0.25, 0.3) is 0 Å². The van der Waals surface area contributed by atoms with Crippen molar-refractivity contribution in [3.05, 3.63) is 0 Å². The van der Waals surface area contributed by atoms with Gasteiger partial charge in [-0.2, -0.15) is 0 Å². The van der Waals surface area contributed by atoms with Crippen LogP contribution in [0.15, 0.2) is 0 Å². The second-order valence-electron chi connectivity index (χ2n) is 3.24. The number of ketones is 3. The van der Waals surface area contributed by atoms with Crippen LogP contribution >= 0.6 is 0 Å². The van der Waals surface area contributed by atoms with Crippen LogP contribution in [0.3, 0.4) is 0 Å². The lowest BCUT2D eigenvalue weighted by Crippen LogP contribution is -2.10. The lowest BCUT2D eigenvalue weighted by Gasteiger charge is -1.97. The molecule has 0 aliphatic heterocycles. The van der Waals surface area contributed by atoms with Crippen molar-refractivity contribution in [3.8, 4) is 0 Å². The molecule has 0 fully saturated rings. The first kappa shape index (κ1) is 12.0. The van der Waals surface area contributed by atoms with E-state index in [9.17, 15) is 14.4 Å². The number of carbonyl (C=O) groups is 3. The molecular formula is C10H16O3. The molecule has 0 aromatic heterocycles. The number of hydrogen-bond donors (Lipinski definition) is 0. The summed E-state index contributed by atoms with van der Waals surface area (Å²) in [6, 6.07) is 0. The zero-order valence-corrected chi connectivity index (χ0v) is 8.26. The minimum atomic E-state index is -0.256. The Morgan fingerprint density at radius 2 is 1.62 bits per heavy atom. The molecule has 0 unspecified atom stereocenters. The molecule has 0 aliphatic rings. The minimum absolute atomic E-state index is 0.0481. The fraction of sp³-hybridized carbons (Fsp3) is 0.700. The molecule has 0 spiro atoms. The summed E-state index contributed by atoms with van der Waals surface area (Å²) in [5.41, 5.74) is 0. The number of unbranched alkanes of at least 4 members (excludes halogenated alkanes) is 1. The fourth-order valence-corrected chi connectivity index (χ4v) is 1.02. The Morgan fingerprint density at radius 1 is 1.00 bits per heavy atom. The van der Waals surface area contributed by atoms with Gasteiger partial charge in [0.1, 0.15) is 17.3 Å². The van der Waals surface area contributed by atoms with Crippen LogP contribution in [-0.4, -0.2) is 17.3 Å². The van der Waals surface area contributed by atoms with Gasteiger partial charge in [-0.1, -0.05) is 13.3 Å². The second-order valence-corrected chi connectivity index (χ2v) is 3.24. The Morgan fingerprint density at radius 3 is 2.08 bits per heavy atom. The molecule has 0 heterocycles. The second kappa shape index (κ2) is 6.52. The summed E-state index contributed by atoms with van der Waals surface area (Å²) in [6.07, 6.45) is 2.07. The number of hydrogen-bond acceptors (Lipinski definition) is 3. The highest BCUT2D eigenvalue weighted by atomic mass is 16.2. The molecular weight excluding hydrogens is 168 g/mol. The monoisotopic (exact) mass is 184 g/mol. The first-order valence-electron chi connectivity index (χ1n) is 4.59. The van der Waals surface area contributed by atoms with Crippen molar-refractivity contribution in [1.29, 1.82) is 0 Å². The third-order valence-corrected chi connectivity index (χ3v) is 1.65. The van der Waals surface area contributed by atoms with Crippen molar-refractivity contribution in [2.45, 2.75) is 46.0 Å². The molecule has 0 aromatic carbocycles. The Hall–Kier alpha value is -0.990. The average Bonchev–Trinajstić information content (AvgIpc) is 1.98. The van der Waals surface area contributed by atoms with Gasteiger partial charge < -0.3 is 0 Å². The SMILES string of the molecule is CCCCC(=O)CC(=O)CC(C)=O. The van der Waals surface area contributed by atoms with Crippen LogP contribution in [-0.2, 0) is 14.4 Å². The van der Waals surface area contributed by atoms with Crippen molar-refractivity contribution < 1.29 is 14.4 Å². The molecule has 0 bridgehead atoms. The predicted octanol–water partition coefficient (Wildman–Crippen LogP) is 1.68. The van der Waals surface area contributed by atoms with Crippen LogP contribution in [0.5, 0.6) is 0 Å². The Kier molecular flexibility index (Phi) is 6.02. The highest BCUT2D eigenvalue weighted by Crippen LogP contribution is 2.01. The maximum atomic E-state index is 11.1. The molecule has 0 amide bonds. The summed E-state index contributed by atoms with van der Waals surface area (Å²) < 4.78 is 0. The van der Waals surface area contributed by atoms with Gasteiger partial charge in [-0.15, -0.1) is 0 Å². The molecule has 13 heavy (non-hydrogen) atoms. The van der Waals surface area contributed by atoms with Gasteiger partial charge in [0, 0.05) is 6.42 Å². The Balaban J connectivity index is 3.65. The van der Waals surface area contributed by atoms with Crippen LogP contribution in [0.2, 0.25) is 0 Å². The lowest BCUT2D eigenvalue weighted by atomic mass is 10.1. The van der Waals surface area contributed by atoms with Gasteiger partial charge in [-0.05, 0) is 13.3 Å². The molecule has 0 N–H and O–H groups in total. The van der Waals surface area contributed by atoms with E-state index in [0.29, 0.717) is 6.42 Å². The largest absolute Gasteiger partial charge is 0.300 e. The highest BCUT2D eigenvalue weighted by Gasteiger charge is 2.10. The summed E-state index contributed by atoms with van der Waals surface area (Å²) in [5, 5.41) is 0. The average molecular weight is 184 g/mol. The summed E-state index contributed by atoms with van der Waals surface area (Å²) >= 11 is 0. The summed E-state index contributed by atoms with van der Waals surface area (Å²) in [6.45, 7) is 3.35. The van der Waals surface area contributed by atoms with Crippen LogP contribution in [0.1, 0.15) is 46.0 Å². The molecule has 3 nitrogen and oxygen atoms in total. The molecule has 0 aromatic rings. The van der Waals surface area contributed by atoms with Crippen molar-refractivity contribution in [3.63, 3.8) is 0 Å². The maximum Gasteiger partial charge on any atom is 0.147 e. The normalized spacial score (nSPS) is 9.69. The zero-order chi connectivity index (χ0) is 10.3. The van der Waals surface area contributed by atoms with E-state index < -0.39 is 0 Å². The number of Topliss-reactive ketones (excluding diaryl/α,β-unsaturated/α-hetero) is 3. The maximum absolute atomic E-state index is 11.1. The van der Waals surface area contributed by atoms with Gasteiger partial charge in [0.05, 0.1) is 12.8 Å². The minimum Gasteiger partial charge on any atom is -0.300 e. The topological polar surface area (TPSA) is 51.2 Å². The van der Waals surface area contributed by atoms with E-state index in [-0.39, 0.29) is 30.2 Å². The van der Waals surface area contributed by atoms with Crippen LogP contribution < -0.4 is 0 Å². The van der Waals surface area contributed by atoms with Gasteiger partial charge in [0.25, 0.3) is 0 Å². The van der Waals surface area contributed by atoms with Crippen molar-refractivity contribution in [1.82, 2.24) is 0 Å². The Labute approximate surface area is 78.5 Å². The predicted molar refractivity (Wildman–Crippen MR) is 49.5 cm³/mol. The summed E-state index contributed by atoms with van der Waals surface area (Å²) in [5.74, 6) is -0.477. The molecule has 0 atom stereocenters. The summed E-state index contributed by atoms with van der Waals surface area (Å²) in [7, 11) is 0. The van der Waals surface area contributed by atoms with Gasteiger partial charge >= 0.3 is 0 Å². The van der Waals surface area contributed by atoms with Crippen molar-refractivity contribution >= 4 is 17.3 Å². The van der Waals surface area contributed by atoms with Crippen molar-refractivity contribution in [2.24, 2.45) is 0 Å². The van der Waals surface area contributed by atoms with E-state index in [2.05, 4.69) is 0 Å². The standard InChI is InChI=1S/C10H16O3/c1-3-4-5-9(12)7-10(13)6-8(2)11/h3-7H2,1-2H3. The molecule has 0 radical (unpaired) electrons. The third-order valence-electron chi connectivity index (χ3n) is 1.65. The zero-order valence-electron chi connectivity index (χ0n) is 8.26. The molecule has 3 heteroatoms. The molecule has 0 saturated heterocycles. The van der Waals surface area contributed by atoms with E-state index in [0.717, 1.165) is 12.8 Å². The van der Waals surface area contributed by atoms with Gasteiger partial charge in [-0.3, -0.25) is 14.4 Å². The van der Waals surface area contributed by atoms with Gasteiger partial charge in [0.2, 0.25) is 0 Å². The van der Waals surface area contributed by atoms with E-state index >= 15 is 0 Å². The lowest BCUT2D eigenvalue weighted by molar-refractivity contribution is -0.129. The van der Waals surface area contributed by atoms with E-state index in [4.69, 9.17) is 0 Å². The smallest absolute Gasteiger partial charge is 0.147 e. The van der Waals surface area contributed by atoms with Crippen molar-refractivity contribution in [2.75, 3.05) is 0 Å². The summed E-state index contributed by atoms with van der Waals surface area (Å²) in [4.78, 5) is 32.6. The number of rotatable bonds is 7. The quantitative estimate of drug-likeness (QED) is 0.566. The first-order valence-corrected chi connectivity index (χ1v) is 4.59. The number of carbonyl (C=O) groups excluding carboxylic acids is 3. The molecule has 74 valence electrons. The van der Waals surface area contributed by atoms with Gasteiger partial charge in [-0.25, -0.2) is 0 Å². The van der Waals surface area contributed by atoms with Crippen LogP contribution in [0, 0.1) is 0 Å². The molecule has 0 saturated carbocycles. The van der Waals surface area contributed by atoms with E-state index in [1.54, 1.807) is 0 Å².